The number of anilines is 1. The van der Waals surface area contributed by atoms with Crippen molar-refractivity contribution in [2.24, 2.45) is 0 Å². The molecule has 1 atom stereocenters. The van der Waals surface area contributed by atoms with Crippen LogP contribution in [0.4, 0.5) is 14.5 Å². The van der Waals surface area contributed by atoms with Gasteiger partial charge in [0.2, 0.25) is 17.7 Å². The summed E-state index contributed by atoms with van der Waals surface area (Å²) in [7, 11) is 0. The highest BCUT2D eigenvalue weighted by Gasteiger charge is 2.44. The van der Waals surface area contributed by atoms with Crippen molar-refractivity contribution in [3.8, 4) is 17.1 Å². The number of alkyl halides is 2. The number of aromatic nitrogens is 4. The van der Waals surface area contributed by atoms with E-state index < -0.39 is 47.7 Å². The first-order valence-electron chi connectivity index (χ1n) is 16.6. The number of unbranched alkanes of at least 4 members (excludes halogenated alkanes) is 1. The number of oxazole rings is 1. The van der Waals surface area contributed by atoms with Crippen LogP contribution in [0, 0.1) is 0 Å². The van der Waals surface area contributed by atoms with E-state index in [2.05, 4.69) is 25.7 Å². The van der Waals surface area contributed by atoms with Crippen LogP contribution in [-0.2, 0) is 16.0 Å². The lowest BCUT2D eigenvalue weighted by molar-refractivity contribution is -0.136. The third kappa shape index (κ3) is 7.11. The largest absolute Gasteiger partial charge is 0.444 e. The minimum absolute atomic E-state index is 0.0358. The van der Waals surface area contributed by atoms with Crippen LogP contribution in [-0.4, -0.2) is 66.0 Å². The minimum atomic E-state index is -3.00. The smallest absolute Gasteiger partial charge is 0.284 e. The second-order valence-electron chi connectivity index (χ2n) is 12.4. The number of nitrogens with zero attached hydrogens (tertiary/aromatic N) is 5. The van der Waals surface area contributed by atoms with Crippen molar-refractivity contribution in [1.82, 2.24) is 30.0 Å². The van der Waals surface area contributed by atoms with E-state index in [1.165, 1.54) is 23.3 Å². The highest BCUT2D eigenvalue weighted by Crippen LogP contribution is 2.30. The van der Waals surface area contributed by atoms with Crippen LogP contribution in [0.5, 0.6) is 0 Å². The average Bonchev–Trinajstić information content (AvgIpc) is 3.88. The van der Waals surface area contributed by atoms with Crippen molar-refractivity contribution in [3.63, 3.8) is 0 Å². The molecule has 0 aliphatic carbocycles. The van der Waals surface area contributed by atoms with Gasteiger partial charge in [-0.15, -0.1) is 0 Å². The Morgan fingerprint density at radius 1 is 0.962 bits per heavy atom. The summed E-state index contributed by atoms with van der Waals surface area (Å²) in [5.74, 6) is -3.01. The summed E-state index contributed by atoms with van der Waals surface area (Å²) in [6, 6.07) is 13.4. The Balaban J connectivity index is 0.933. The second-order valence-corrected chi connectivity index (χ2v) is 12.4. The Bertz CT molecular complexity index is 2270. The van der Waals surface area contributed by atoms with Crippen molar-refractivity contribution >= 4 is 41.0 Å². The summed E-state index contributed by atoms with van der Waals surface area (Å²) in [6.45, 7) is 0. The quantitative estimate of drug-likeness (QED) is 0.0996. The number of carbonyl (C=O) groups excluding carboxylic acids is 6. The van der Waals surface area contributed by atoms with Gasteiger partial charge in [-0.05, 0) is 79.8 Å². The molecule has 2 aromatic carbocycles. The topological polar surface area (TPSA) is 186 Å². The number of imide groups is 2. The normalized spacial score (nSPS) is 15.5. The number of nitrogens with one attached hydrogen (secondary N) is 2. The van der Waals surface area contributed by atoms with Crippen LogP contribution in [0.15, 0.2) is 83.9 Å². The summed E-state index contributed by atoms with van der Waals surface area (Å²) in [5.41, 5.74) is 1.58. The first kappa shape index (κ1) is 34.7. The molecule has 53 heavy (non-hydrogen) atoms. The number of ketones is 1. The van der Waals surface area contributed by atoms with E-state index >= 15 is 0 Å². The summed E-state index contributed by atoms with van der Waals surface area (Å²) in [5, 5.41) is 8.54. The van der Waals surface area contributed by atoms with Crippen LogP contribution < -0.4 is 10.6 Å². The molecule has 2 N–H and O–H groups in total. The van der Waals surface area contributed by atoms with E-state index in [0.29, 0.717) is 36.1 Å². The highest BCUT2D eigenvalue weighted by atomic mass is 19.3. The molecule has 0 saturated carbocycles. The fourth-order valence-corrected chi connectivity index (χ4v) is 6.20. The number of halogens is 2. The molecule has 5 heterocycles. The van der Waals surface area contributed by atoms with Crippen LogP contribution >= 0.6 is 0 Å². The fourth-order valence-electron chi connectivity index (χ4n) is 6.20. The molecule has 0 spiro atoms. The molecule has 14 nitrogen and oxygen atoms in total. The standard InChI is InChI=1S/C37H29F2N7O7/c38-32(39)31-26(41-33(49)27-19-53-35(42-27)22-13-15-40-16-14-22)18-45(44-31)23-8-6-21(7-9-23)29(47)4-2-1-3-20-5-10-24-25(17-20)37(52)46(36(24)51)28-11-12-30(48)43-34(28)50/h5-10,13-19,28,32H,1-4,11-12H2,(H,41,49)(H,43,48,50). The third-order valence-corrected chi connectivity index (χ3v) is 8.94. The molecule has 3 aromatic heterocycles. The third-order valence-electron chi connectivity index (χ3n) is 8.94. The van der Waals surface area contributed by atoms with Gasteiger partial charge in [0.05, 0.1) is 28.7 Å². The number of Topliss-reactive ketones (excluding diaryl/α,β-unsaturated/α-hetero) is 1. The fraction of sp³-hybridized carbons (Fsp3) is 0.216. The van der Waals surface area contributed by atoms with Gasteiger partial charge in [0.1, 0.15) is 12.3 Å². The Labute approximate surface area is 299 Å². The van der Waals surface area contributed by atoms with Crippen molar-refractivity contribution in [3.05, 3.63) is 113 Å². The number of rotatable bonds is 12. The van der Waals surface area contributed by atoms with Gasteiger partial charge in [-0.2, -0.15) is 5.10 Å². The molecule has 16 heteroatoms. The molecule has 1 unspecified atom stereocenters. The zero-order valence-corrected chi connectivity index (χ0v) is 27.8. The van der Waals surface area contributed by atoms with Gasteiger partial charge in [-0.1, -0.05) is 6.07 Å². The molecule has 1 fully saturated rings. The van der Waals surface area contributed by atoms with Gasteiger partial charge in [-0.3, -0.25) is 44.0 Å². The molecular weight excluding hydrogens is 692 g/mol. The van der Waals surface area contributed by atoms with Gasteiger partial charge in [0.25, 0.3) is 24.1 Å². The zero-order valence-electron chi connectivity index (χ0n) is 27.8. The molecule has 7 rings (SSSR count). The summed E-state index contributed by atoms with van der Waals surface area (Å²) >= 11 is 0. The minimum Gasteiger partial charge on any atom is -0.444 e. The van der Waals surface area contributed by atoms with E-state index in [1.54, 1.807) is 54.6 Å². The summed E-state index contributed by atoms with van der Waals surface area (Å²) < 4.78 is 34.3. The van der Waals surface area contributed by atoms with E-state index in [9.17, 15) is 37.5 Å². The van der Waals surface area contributed by atoms with Crippen molar-refractivity contribution in [2.45, 2.75) is 51.0 Å². The van der Waals surface area contributed by atoms with Crippen LogP contribution in [0.3, 0.4) is 0 Å². The Morgan fingerprint density at radius 2 is 1.72 bits per heavy atom. The van der Waals surface area contributed by atoms with E-state index in [1.807, 2.05) is 0 Å². The maximum Gasteiger partial charge on any atom is 0.284 e. The Kier molecular flexibility index (Phi) is 9.50. The molecule has 268 valence electrons. The maximum absolute atomic E-state index is 13.9. The van der Waals surface area contributed by atoms with Gasteiger partial charge in [0.15, 0.2) is 17.2 Å². The van der Waals surface area contributed by atoms with Gasteiger partial charge >= 0.3 is 0 Å². The van der Waals surface area contributed by atoms with Crippen LogP contribution in [0.25, 0.3) is 17.1 Å². The molecule has 2 aliphatic heterocycles. The number of aryl methyl sites for hydroxylation is 1. The van der Waals surface area contributed by atoms with Gasteiger partial charge in [-0.25, -0.2) is 18.4 Å². The molecule has 2 aliphatic rings. The number of benzene rings is 2. The zero-order chi connectivity index (χ0) is 37.2. The highest BCUT2D eigenvalue weighted by molar-refractivity contribution is 6.23. The lowest BCUT2D eigenvalue weighted by atomic mass is 9.99. The molecule has 1 saturated heterocycles. The number of hydrogen-bond donors (Lipinski definition) is 2. The van der Waals surface area contributed by atoms with Crippen molar-refractivity contribution in [2.75, 3.05) is 5.32 Å². The second kappa shape index (κ2) is 14.5. The molecule has 0 radical (unpaired) electrons. The van der Waals surface area contributed by atoms with Crippen LogP contribution in [0.2, 0.25) is 0 Å². The summed E-state index contributed by atoms with van der Waals surface area (Å²) in [6.07, 6.45) is 4.44. The lowest BCUT2D eigenvalue weighted by Crippen LogP contribution is -2.54. The number of carbonyl (C=O) groups is 6. The number of pyridine rings is 1. The van der Waals surface area contributed by atoms with Crippen molar-refractivity contribution < 1.29 is 42.0 Å². The number of hydrogen-bond acceptors (Lipinski definition) is 10. The van der Waals surface area contributed by atoms with Crippen LogP contribution in [0.1, 0.15) is 91.3 Å². The number of fused-ring (bicyclic) bond motifs is 1. The maximum atomic E-state index is 13.9. The average molecular weight is 722 g/mol. The molecule has 5 amide bonds. The molecule has 5 aromatic rings. The number of amides is 5. The van der Waals surface area contributed by atoms with Gasteiger partial charge in [0, 0.05) is 36.4 Å². The first-order chi connectivity index (χ1) is 25.6. The molecule has 0 bridgehead atoms. The van der Waals surface area contributed by atoms with E-state index in [-0.39, 0.29) is 53.4 Å². The van der Waals surface area contributed by atoms with E-state index in [4.69, 9.17) is 4.42 Å². The number of piperidine rings is 1. The molecular formula is C37H29F2N7O7. The first-order valence-corrected chi connectivity index (χ1v) is 16.6. The Morgan fingerprint density at radius 3 is 2.45 bits per heavy atom. The van der Waals surface area contributed by atoms with Gasteiger partial charge < -0.3 is 9.73 Å². The lowest BCUT2D eigenvalue weighted by Gasteiger charge is -2.27. The van der Waals surface area contributed by atoms with E-state index in [0.717, 1.165) is 16.7 Å². The Hall–Kier alpha value is -6.71. The predicted molar refractivity (Wildman–Crippen MR) is 181 cm³/mol. The predicted octanol–water partition coefficient (Wildman–Crippen LogP) is 5.11. The summed E-state index contributed by atoms with van der Waals surface area (Å²) in [4.78, 5) is 84.6. The SMILES string of the molecule is O=C1CCC(N2C(=O)c3ccc(CCCCC(=O)c4ccc(-n5cc(NC(=O)c6coc(-c7ccncc7)n6)c(C(F)F)n5)cc4)cc3C2=O)C(=O)N1. The monoisotopic (exact) mass is 721 g/mol. The van der Waals surface area contributed by atoms with Crippen molar-refractivity contribution in [1.29, 1.82) is 0 Å².